The van der Waals surface area contributed by atoms with Gasteiger partial charge in [0.05, 0.1) is 6.61 Å². The van der Waals surface area contributed by atoms with E-state index in [-0.39, 0.29) is 6.42 Å². The molecule has 1 unspecified atom stereocenters. The molecule has 28 heavy (non-hydrogen) atoms. The van der Waals surface area contributed by atoms with Crippen molar-refractivity contribution < 1.29 is 27.9 Å². The van der Waals surface area contributed by atoms with Gasteiger partial charge in [0.25, 0.3) is 0 Å². The lowest BCUT2D eigenvalue weighted by Gasteiger charge is -2.24. The van der Waals surface area contributed by atoms with Crippen LogP contribution in [-0.2, 0) is 23.1 Å². The number of aryl methyl sites for hydroxylation is 1. The Morgan fingerprint density at radius 2 is 1.79 bits per heavy atom. The molecular weight excluding hydrogens is 403 g/mol. The molecule has 0 radical (unpaired) electrons. The smallest absolute Gasteiger partial charge is 0.375 e. The molecule has 0 aliphatic heterocycles. The second kappa shape index (κ2) is 10.6. The highest BCUT2D eigenvalue weighted by Gasteiger charge is 2.38. The minimum absolute atomic E-state index is 0.101. The number of halogens is 1. The largest absolute Gasteiger partial charge is 0.494 e. The summed E-state index contributed by atoms with van der Waals surface area (Å²) in [5.74, 6) is -0.962. The van der Waals surface area contributed by atoms with E-state index in [9.17, 15) is 9.36 Å². The number of hydrogen-bond donors (Lipinski definition) is 0. The molecule has 0 bridgehead atoms. The molecule has 0 saturated carbocycles. The topological polar surface area (TPSA) is 71.1 Å². The van der Waals surface area contributed by atoms with E-state index in [0.29, 0.717) is 29.4 Å². The van der Waals surface area contributed by atoms with Crippen molar-refractivity contribution in [3.8, 4) is 5.75 Å². The Morgan fingerprint density at radius 1 is 1.11 bits per heavy atom. The van der Waals surface area contributed by atoms with Gasteiger partial charge in [0, 0.05) is 31.2 Å². The molecule has 0 heterocycles. The molecule has 8 heteroatoms. The second-order valence-corrected chi connectivity index (χ2v) is 8.71. The van der Waals surface area contributed by atoms with Crippen molar-refractivity contribution >= 4 is 25.2 Å². The normalized spacial score (nSPS) is 12.4. The molecule has 0 fully saturated rings. The van der Waals surface area contributed by atoms with Crippen molar-refractivity contribution in [3.63, 3.8) is 0 Å². The van der Waals surface area contributed by atoms with Crippen LogP contribution in [0.25, 0.3) is 0 Å². The first-order valence-electron chi connectivity index (χ1n) is 8.74. The third-order valence-electron chi connectivity index (χ3n) is 4.05. The van der Waals surface area contributed by atoms with E-state index in [4.69, 9.17) is 30.1 Å². The Labute approximate surface area is 170 Å². The Bertz CT molecular complexity index is 819. The third-order valence-corrected chi connectivity index (χ3v) is 6.47. The van der Waals surface area contributed by atoms with Gasteiger partial charge in [-0.1, -0.05) is 41.9 Å². The fraction of sp³-hybridized carbons (Fsp3) is 0.350. The molecule has 0 saturated heterocycles. The Hall–Kier alpha value is -1.85. The zero-order valence-electron chi connectivity index (χ0n) is 16.1. The maximum Gasteiger partial charge on any atom is 0.375 e. The highest BCUT2D eigenvalue weighted by Crippen LogP contribution is 2.60. The van der Waals surface area contributed by atoms with Crippen LogP contribution in [0.2, 0.25) is 5.02 Å². The molecule has 6 nitrogen and oxygen atoms in total. The number of esters is 1. The van der Waals surface area contributed by atoms with Gasteiger partial charge in [0.1, 0.15) is 5.75 Å². The van der Waals surface area contributed by atoms with Crippen molar-refractivity contribution in [2.45, 2.75) is 25.6 Å². The predicted molar refractivity (Wildman–Crippen MR) is 108 cm³/mol. The van der Waals surface area contributed by atoms with E-state index >= 15 is 0 Å². The fourth-order valence-corrected chi connectivity index (χ4v) is 3.93. The van der Waals surface area contributed by atoms with Gasteiger partial charge in [0.2, 0.25) is 5.85 Å². The molecule has 0 aliphatic carbocycles. The first-order valence-corrected chi connectivity index (χ1v) is 10.7. The van der Waals surface area contributed by atoms with Gasteiger partial charge in [-0.3, -0.25) is 9.36 Å². The van der Waals surface area contributed by atoms with Gasteiger partial charge >= 0.3 is 13.6 Å². The summed E-state index contributed by atoms with van der Waals surface area (Å²) in [5, 5.41) is 0.670. The zero-order valence-corrected chi connectivity index (χ0v) is 17.7. The van der Waals surface area contributed by atoms with Crippen LogP contribution in [0, 0.1) is 6.92 Å². The number of rotatable bonds is 10. The summed E-state index contributed by atoms with van der Waals surface area (Å²) in [5.41, 5.74) is 1.45. The molecule has 0 N–H and O–H groups in total. The van der Waals surface area contributed by atoms with Gasteiger partial charge in [-0.2, -0.15) is 0 Å². The Kier molecular flexibility index (Phi) is 8.52. The Morgan fingerprint density at radius 3 is 2.39 bits per heavy atom. The van der Waals surface area contributed by atoms with Crippen LogP contribution in [0.3, 0.4) is 0 Å². The summed E-state index contributed by atoms with van der Waals surface area (Å²) >= 11 is 5.98. The van der Waals surface area contributed by atoms with E-state index in [0.717, 1.165) is 5.56 Å². The number of hydrogen-bond acceptors (Lipinski definition) is 6. The summed E-state index contributed by atoms with van der Waals surface area (Å²) in [4.78, 5) is 12.3. The maximum absolute atomic E-state index is 12.8. The van der Waals surface area contributed by atoms with Crippen LogP contribution in [0.1, 0.15) is 29.8 Å². The first kappa shape index (κ1) is 22.4. The number of carbonyl (C=O) groups excluding carboxylic acids is 1. The second-order valence-electron chi connectivity index (χ2n) is 6.02. The molecule has 152 valence electrons. The lowest BCUT2D eigenvalue weighted by Crippen LogP contribution is -2.14. The summed E-state index contributed by atoms with van der Waals surface area (Å²) in [6, 6.07) is 14.1. The molecule has 2 rings (SSSR count). The minimum atomic E-state index is -3.65. The van der Waals surface area contributed by atoms with E-state index in [2.05, 4.69) is 0 Å². The molecule has 0 spiro atoms. The lowest BCUT2D eigenvalue weighted by molar-refractivity contribution is -0.146. The van der Waals surface area contributed by atoms with Crippen LogP contribution in [0.5, 0.6) is 5.75 Å². The molecular formula is C20H24ClO6P. The molecule has 0 aromatic heterocycles. The lowest BCUT2D eigenvalue weighted by atomic mass is 10.2. The SMILES string of the molecule is COP(=O)(OC)C(OC(=O)CCCOc1ccc(Cl)c(C)c1)c1ccccc1. The van der Waals surface area contributed by atoms with Crippen molar-refractivity contribution in [3.05, 3.63) is 64.7 Å². The van der Waals surface area contributed by atoms with E-state index in [1.165, 1.54) is 14.2 Å². The highest BCUT2D eigenvalue weighted by atomic mass is 35.5. The van der Waals surface area contributed by atoms with Crippen LogP contribution in [0.15, 0.2) is 48.5 Å². The van der Waals surface area contributed by atoms with Crippen LogP contribution < -0.4 is 4.74 Å². The van der Waals surface area contributed by atoms with Gasteiger partial charge in [-0.15, -0.1) is 0 Å². The van der Waals surface area contributed by atoms with E-state index in [1.807, 2.05) is 19.1 Å². The van der Waals surface area contributed by atoms with Crippen molar-refractivity contribution in [1.29, 1.82) is 0 Å². The van der Waals surface area contributed by atoms with Gasteiger partial charge in [-0.25, -0.2) is 0 Å². The summed E-state index contributed by atoms with van der Waals surface area (Å²) in [7, 11) is -1.13. The van der Waals surface area contributed by atoms with Crippen molar-refractivity contribution in [1.82, 2.24) is 0 Å². The van der Waals surface area contributed by atoms with Crippen molar-refractivity contribution in [2.24, 2.45) is 0 Å². The van der Waals surface area contributed by atoms with E-state index in [1.54, 1.807) is 36.4 Å². The summed E-state index contributed by atoms with van der Waals surface area (Å²) in [6.07, 6.45) is 0.537. The monoisotopic (exact) mass is 426 g/mol. The highest BCUT2D eigenvalue weighted by molar-refractivity contribution is 7.54. The zero-order chi connectivity index (χ0) is 20.6. The number of carbonyl (C=O) groups is 1. The molecule has 2 aromatic carbocycles. The summed E-state index contributed by atoms with van der Waals surface area (Å²) in [6.45, 7) is 2.22. The molecule has 2 aromatic rings. The maximum atomic E-state index is 12.8. The van der Waals surface area contributed by atoms with Gasteiger partial charge < -0.3 is 18.5 Å². The molecule has 1 atom stereocenters. The average Bonchev–Trinajstić information content (AvgIpc) is 2.72. The van der Waals surface area contributed by atoms with E-state index < -0.39 is 19.4 Å². The number of ether oxygens (including phenoxy) is 2. The first-order chi connectivity index (χ1) is 13.4. The molecule has 0 amide bonds. The van der Waals surface area contributed by atoms with Crippen molar-refractivity contribution in [2.75, 3.05) is 20.8 Å². The van der Waals surface area contributed by atoms with Gasteiger partial charge in [-0.05, 0) is 37.1 Å². The van der Waals surface area contributed by atoms with Crippen LogP contribution >= 0.6 is 19.2 Å². The molecule has 0 aliphatic rings. The quantitative estimate of drug-likeness (QED) is 0.282. The minimum Gasteiger partial charge on any atom is -0.494 e. The average molecular weight is 427 g/mol. The van der Waals surface area contributed by atoms with Gasteiger partial charge in [0.15, 0.2) is 0 Å². The Balaban J connectivity index is 1.92. The third kappa shape index (κ3) is 6.08. The van der Waals surface area contributed by atoms with Crippen LogP contribution in [-0.4, -0.2) is 26.8 Å². The standard InChI is InChI=1S/C20H24ClO6P/c1-15-14-17(11-12-18(15)21)26-13-7-10-19(22)27-20(28(23,24-2)25-3)16-8-5-4-6-9-16/h4-6,8-9,11-12,14,20H,7,10,13H2,1-3H3. The predicted octanol–water partition coefficient (Wildman–Crippen LogP) is 5.54. The van der Waals surface area contributed by atoms with Crippen LogP contribution in [0.4, 0.5) is 0 Å². The fourth-order valence-electron chi connectivity index (χ4n) is 2.50. The number of benzene rings is 2. The summed E-state index contributed by atoms with van der Waals surface area (Å²) < 4.78 is 33.9.